The number of amides is 1. The molecule has 7 nitrogen and oxygen atoms in total. The fourth-order valence-corrected chi connectivity index (χ4v) is 5.03. The highest BCUT2D eigenvalue weighted by Gasteiger charge is 2.24. The fraction of sp³-hybridized carbons (Fsp3) is 0.125. The predicted molar refractivity (Wildman–Crippen MR) is 138 cm³/mol. The summed E-state index contributed by atoms with van der Waals surface area (Å²) in [5.41, 5.74) is 2.10. The van der Waals surface area contributed by atoms with Crippen LogP contribution in [0.15, 0.2) is 59.4 Å². The summed E-state index contributed by atoms with van der Waals surface area (Å²) in [5.74, 6) is -1.97. The smallest absolute Gasteiger partial charge is 0.333 e. The molecule has 4 aromatic rings. The number of carboxylic acid groups (broad SMARTS) is 1. The third-order valence-electron chi connectivity index (χ3n) is 5.50. The van der Waals surface area contributed by atoms with E-state index in [4.69, 9.17) is 46.4 Å². The lowest BCUT2D eigenvalue weighted by Crippen LogP contribution is -2.42. The molecule has 0 saturated heterocycles. The molecule has 2 N–H and O–H groups in total. The van der Waals surface area contributed by atoms with Crippen LogP contribution in [-0.2, 0) is 18.3 Å². The molecule has 0 radical (unpaired) electrons. The number of fused-ring (bicyclic) bond motifs is 1. The molecule has 0 aliphatic carbocycles. The number of nitrogens with one attached hydrogen (secondary N) is 1. The summed E-state index contributed by atoms with van der Waals surface area (Å²) in [6, 6.07) is 13.4. The maximum absolute atomic E-state index is 12.8. The third kappa shape index (κ3) is 4.90. The van der Waals surface area contributed by atoms with Crippen LogP contribution in [0.5, 0.6) is 0 Å². The molecule has 0 aliphatic rings. The number of rotatable bonds is 6. The van der Waals surface area contributed by atoms with Crippen molar-refractivity contribution in [2.75, 3.05) is 0 Å². The normalized spacial score (nSPS) is 12.0. The average Bonchev–Trinajstić information content (AvgIpc) is 3.04. The maximum Gasteiger partial charge on any atom is 0.333 e. The minimum absolute atomic E-state index is 0.00711. The van der Waals surface area contributed by atoms with E-state index in [2.05, 4.69) is 5.32 Å². The average molecular weight is 553 g/mol. The Kier molecular flexibility index (Phi) is 7.15. The van der Waals surface area contributed by atoms with Crippen molar-refractivity contribution in [2.24, 2.45) is 7.05 Å². The van der Waals surface area contributed by atoms with Gasteiger partial charge in [-0.25, -0.2) is 9.59 Å². The van der Waals surface area contributed by atoms with Gasteiger partial charge in [-0.05, 0) is 42.0 Å². The van der Waals surface area contributed by atoms with E-state index >= 15 is 0 Å². The van der Waals surface area contributed by atoms with Gasteiger partial charge in [0.25, 0.3) is 5.91 Å². The van der Waals surface area contributed by atoms with Crippen molar-refractivity contribution >= 4 is 69.3 Å². The number of carbonyl (C=O) groups excluding carboxylic acids is 1. The minimum atomic E-state index is -1.26. The first-order chi connectivity index (χ1) is 16.6. The largest absolute Gasteiger partial charge is 0.480 e. The highest BCUT2D eigenvalue weighted by molar-refractivity contribution is 6.42. The zero-order valence-corrected chi connectivity index (χ0v) is 21.1. The highest BCUT2D eigenvalue weighted by atomic mass is 35.5. The second kappa shape index (κ2) is 9.95. The van der Waals surface area contributed by atoms with Gasteiger partial charge in [0, 0.05) is 18.5 Å². The molecule has 35 heavy (non-hydrogen) atoms. The van der Waals surface area contributed by atoms with Crippen LogP contribution in [-0.4, -0.2) is 32.2 Å². The van der Waals surface area contributed by atoms with Gasteiger partial charge in [-0.1, -0.05) is 64.6 Å². The van der Waals surface area contributed by atoms with Crippen molar-refractivity contribution in [1.82, 2.24) is 14.5 Å². The van der Waals surface area contributed by atoms with Gasteiger partial charge in [0.05, 0.1) is 37.4 Å². The number of imidazole rings is 1. The Morgan fingerprint density at radius 2 is 1.60 bits per heavy atom. The van der Waals surface area contributed by atoms with Crippen molar-refractivity contribution < 1.29 is 14.7 Å². The molecule has 1 amide bonds. The molecular formula is C24H17Cl4N3O4. The van der Waals surface area contributed by atoms with Gasteiger partial charge >= 0.3 is 11.7 Å². The first-order valence-electron chi connectivity index (χ1n) is 10.2. The van der Waals surface area contributed by atoms with Crippen molar-refractivity contribution in [1.29, 1.82) is 0 Å². The number of carbonyl (C=O) groups is 2. The molecule has 0 saturated carbocycles. The fourth-order valence-electron chi connectivity index (χ4n) is 3.79. The van der Waals surface area contributed by atoms with Crippen molar-refractivity contribution in [3.8, 4) is 5.69 Å². The molecule has 1 aromatic heterocycles. The van der Waals surface area contributed by atoms with E-state index in [1.807, 2.05) is 0 Å². The summed E-state index contributed by atoms with van der Waals surface area (Å²) in [5, 5.41) is 12.8. The highest BCUT2D eigenvalue weighted by Crippen LogP contribution is 2.29. The van der Waals surface area contributed by atoms with Crippen LogP contribution in [0, 0.1) is 0 Å². The van der Waals surface area contributed by atoms with Crippen LogP contribution in [0.1, 0.15) is 15.9 Å². The van der Waals surface area contributed by atoms with Crippen molar-refractivity contribution in [3.63, 3.8) is 0 Å². The molecule has 0 fully saturated rings. The van der Waals surface area contributed by atoms with Gasteiger partial charge in [-0.2, -0.15) is 0 Å². The first-order valence-corrected chi connectivity index (χ1v) is 11.7. The number of para-hydroxylation sites is 1. The molecule has 0 spiro atoms. The summed E-state index contributed by atoms with van der Waals surface area (Å²) in [6.07, 6.45) is -0.0185. The Hall–Kier alpha value is -2.97. The zero-order valence-electron chi connectivity index (χ0n) is 18.1. The summed E-state index contributed by atoms with van der Waals surface area (Å²) in [4.78, 5) is 37.4. The van der Waals surface area contributed by atoms with Crippen LogP contribution in [0.2, 0.25) is 20.1 Å². The summed E-state index contributed by atoms with van der Waals surface area (Å²) in [7, 11) is 1.66. The number of halogens is 4. The SMILES string of the molecule is Cn1c(=O)n(-c2ccc(CC(NC(=O)c3c(Cl)cc(Cl)cc3Cl)C(=O)O)cc2)c2c(Cl)cccc21. The molecule has 4 rings (SSSR count). The first kappa shape index (κ1) is 25.1. The van der Waals surface area contributed by atoms with Crippen LogP contribution < -0.4 is 11.0 Å². The predicted octanol–water partition coefficient (Wildman–Crippen LogP) is 5.37. The lowest BCUT2D eigenvalue weighted by atomic mass is 10.0. The Morgan fingerprint density at radius 3 is 2.20 bits per heavy atom. The molecular weight excluding hydrogens is 536 g/mol. The van der Waals surface area contributed by atoms with Gasteiger partial charge in [-0.15, -0.1) is 0 Å². The van der Waals surface area contributed by atoms with Crippen molar-refractivity contribution in [3.05, 3.63) is 96.3 Å². The Bertz CT molecular complexity index is 1500. The lowest BCUT2D eigenvalue weighted by Gasteiger charge is -2.16. The van der Waals surface area contributed by atoms with Crippen LogP contribution in [0.4, 0.5) is 0 Å². The van der Waals surface area contributed by atoms with Gasteiger partial charge < -0.3 is 10.4 Å². The molecule has 180 valence electrons. The minimum Gasteiger partial charge on any atom is -0.480 e. The van der Waals surface area contributed by atoms with Gasteiger partial charge in [0.15, 0.2) is 0 Å². The Balaban J connectivity index is 1.60. The number of aryl methyl sites for hydroxylation is 1. The monoisotopic (exact) mass is 551 g/mol. The van der Waals surface area contributed by atoms with Gasteiger partial charge in [0.1, 0.15) is 6.04 Å². The molecule has 0 bridgehead atoms. The number of aliphatic carboxylic acids is 1. The number of aromatic nitrogens is 2. The van der Waals surface area contributed by atoms with E-state index in [0.29, 0.717) is 27.3 Å². The molecule has 1 heterocycles. The zero-order chi connectivity index (χ0) is 25.4. The van der Waals surface area contributed by atoms with Crippen LogP contribution in [0.25, 0.3) is 16.7 Å². The van der Waals surface area contributed by atoms with Crippen LogP contribution >= 0.6 is 46.4 Å². The number of hydrogen-bond donors (Lipinski definition) is 2. The summed E-state index contributed by atoms with van der Waals surface area (Å²) < 4.78 is 2.99. The van der Waals surface area contributed by atoms with E-state index in [1.165, 1.54) is 21.3 Å². The van der Waals surface area contributed by atoms with Crippen molar-refractivity contribution in [2.45, 2.75) is 12.5 Å². The topological polar surface area (TPSA) is 93.3 Å². The van der Waals surface area contributed by atoms with E-state index < -0.39 is 17.9 Å². The number of benzene rings is 3. The Labute approximate surface area is 219 Å². The number of hydrogen-bond acceptors (Lipinski definition) is 3. The van der Waals surface area contributed by atoms with E-state index in [9.17, 15) is 19.5 Å². The molecule has 1 unspecified atom stereocenters. The summed E-state index contributed by atoms with van der Waals surface area (Å²) >= 11 is 24.4. The van der Waals surface area contributed by atoms with E-state index in [0.717, 1.165) is 0 Å². The third-order valence-corrected chi connectivity index (χ3v) is 6.62. The molecule has 0 aliphatic heterocycles. The maximum atomic E-state index is 12.8. The van der Waals surface area contributed by atoms with Crippen LogP contribution in [0.3, 0.4) is 0 Å². The number of nitrogens with zero attached hydrogens (tertiary/aromatic N) is 2. The standard InChI is InChI=1S/C24H17Cl4N3O4/c1-30-19-4-2-3-15(26)21(19)31(24(30)35)14-7-5-12(6-8-14)9-18(23(33)34)29-22(32)20-16(27)10-13(25)11-17(20)28/h2-8,10-11,18H,9H2,1H3,(H,29,32)(H,33,34). The molecule has 11 heteroatoms. The second-order valence-corrected chi connectivity index (χ2v) is 9.42. The molecule has 3 aromatic carbocycles. The lowest BCUT2D eigenvalue weighted by molar-refractivity contribution is -0.139. The van der Waals surface area contributed by atoms with E-state index in [-0.39, 0.29) is 32.7 Å². The number of carboxylic acids is 1. The quantitative estimate of drug-likeness (QED) is 0.336. The van der Waals surface area contributed by atoms with Gasteiger partial charge in [0.2, 0.25) is 0 Å². The summed E-state index contributed by atoms with van der Waals surface area (Å²) in [6.45, 7) is 0. The second-order valence-electron chi connectivity index (χ2n) is 7.76. The molecule has 1 atom stereocenters. The Morgan fingerprint density at radius 1 is 0.971 bits per heavy atom. The van der Waals surface area contributed by atoms with E-state index in [1.54, 1.807) is 49.5 Å². The van der Waals surface area contributed by atoms with Gasteiger partial charge in [-0.3, -0.25) is 13.9 Å².